The molecule has 4 nitrogen and oxygen atoms in total. The zero-order valence-electron chi connectivity index (χ0n) is 8.68. The van der Waals surface area contributed by atoms with Crippen LogP contribution in [0.15, 0.2) is 46.4 Å². The van der Waals surface area contributed by atoms with Crippen LogP contribution < -0.4 is 5.32 Å². The van der Waals surface area contributed by atoms with E-state index in [0.29, 0.717) is 18.2 Å². The maximum absolute atomic E-state index is 5.37. The third kappa shape index (κ3) is 1.89. The maximum atomic E-state index is 5.37. The number of aliphatic imine (C=N–C) groups is 2. The molecular formula is C12H11N3O. The van der Waals surface area contributed by atoms with Gasteiger partial charge in [0.1, 0.15) is 6.61 Å². The highest BCUT2D eigenvalue weighted by atomic mass is 16.5. The zero-order chi connectivity index (χ0) is 11.4. The molecule has 16 heavy (non-hydrogen) atoms. The number of nitrogens with one attached hydrogen (secondary N) is 1. The number of terminal acetylenes is 1. The van der Waals surface area contributed by atoms with Crippen molar-refractivity contribution >= 4 is 11.9 Å². The Labute approximate surface area is 94.1 Å². The van der Waals surface area contributed by atoms with E-state index >= 15 is 0 Å². The first-order valence-corrected chi connectivity index (χ1v) is 4.84. The molecule has 1 unspecified atom stereocenters. The molecule has 0 aromatic rings. The molecule has 0 fully saturated rings. The monoisotopic (exact) mass is 213 g/mol. The summed E-state index contributed by atoms with van der Waals surface area (Å²) in [5.74, 6) is 2.91. The molecule has 0 radical (unpaired) electrons. The summed E-state index contributed by atoms with van der Waals surface area (Å²) in [4.78, 5) is 8.52. The Hall–Kier alpha value is -2.28. The number of hydrogen-bond acceptors (Lipinski definition) is 4. The van der Waals surface area contributed by atoms with E-state index in [-0.39, 0.29) is 6.17 Å². The standard InChI is InChI=1S/C12H11N3O/c1-3-8-16-12-9(4-2)14-11-10(15-12)6-5-7-13-11/h2-3,5-7,11,14H,1,8H2. The Kier molecular flexibility index (Phi) is 2.88. The number of hydrogen-bond donors (Lipinski definition) is 1. The van der Waals surface area contributed by atoms with Crippen molar-refractivity contribution in [2.24, 2.45) is 9.98 Å². The third-order valence-electron chi connectivity index (χ3n) is 2.08. The van der Waals surface area contributed by atoms with Gasteiger partial charge in [0, 0.05) is 6.21 Å². The van der Waals surface area contributed by atoms with Gasteiger partial charge in [-0.25, -0.2) is 4.99 Å². The summed E-state index contributed by atoms with van der Waals surface area (Å²) in [6, 6.07) is 0. The third-order valence-corrected chi connectivity index (χ3v) is 2.08. The average Bonchev–Trinajstić information content (AvgIpc) is 2.35. The first kappa shape index (κ1) is 10.2. The van der Waals surface area contributed by atoms with Gasteiger partial charge in [-0.3, -0.25) is 4.99 Å². The van der Waals surface area contributed by atoms with Crippen LogP contribution in [-0.4, -0.2) is 24.7 Å². The largest absolute Gasteiger partial charge is 0.471 e. The van der Waals surface area contributed by atoms with Crippen LogP contribution in [0.5, 0.6) is 0 Å². The Balaban J connectivity index is 2.28. The van der Waals surface area contributed by atoms with Crippen LogP contribution in [0, 0.1) is 12.3 Å². The Morgan fingerprint density at radius 3 is 3.31 bits per heavy atom. The summed E-state index contributed by atoms with van der Waals surface area (Å²) in [5, 5.41) is 3.07. The van der Waals surface area contributed by atoms with Crippen molar-refractivity contribution in [3.8, 4) is 12.3 Å². The molecule has 0 saturated carbocycles. The lowest BCUT2D eigenvalue weighted by molar-refractivity contribution is 0.238. The van der Waals surface area contributed by atoms with Crippen molar-refractivity contribution in [2.45, 2.75) is 6.17 Å². The van der Waals surface area contributed by atoms with E-state index in [4.69, 9.17) is 11.2 Å². The van der Waals surface area contributed by atoms with E-state index in [0.717, 1.165) is 5.71 Å². The topological polar surface area (TPSA) is 46.0 Å². The molecule has 2 heterocycles. The highest BCUT2D eigenvalue weighted by Crippen LogP contribution is 2.15. The van der Waals surface area contributed by atoms with Crippen molar-refractivity contribution in [1.82, 2.24) is 5.32 Å². The van der Waals surface area contributed by atoms with Gasteiger partial charge in [-0.15, -0.1) is 6.42 Å². The van der Waals surface area contributed by atoms with Gasteiger partial charge in [0.05, 0.1) is 5.71 Å². The summed E-state index contributed by atoms with van der Waals surface area (Å²) >= 11 is 0. The molecule has 0 amide bonds. The second kappa shape index (κ2) is 4.49. The van der Waals surface area contributed by atoms with Crippen molar-refractivity contribution in [3.63, 3.8) is 0 Å². The zero-order valence-corrected chi connectivity index (χ0v) is 8.68. The van der Waals surface area contributed by atoms with E-state index in [1.807, 2.05) is 12.2 Å². The normalized spacial score (nSPS) is 21.7. The molecule has 2 aliphatic rings. The van der Waals surface area contributed by atoms with E-state index in [2.05, 4.69) is 27.8 Å². The highest BCUT2D eigenvalue weighted by Gasteiger charge is 2.22. The van der Waals surface area contributed by atoms with Crippen LogP contribution in [0.3, 0.4) is 0 Å². The summed E-state index contributed by atoms with van der Waals surface area (Å²) in [5.41, 5.74) is 1.31. The number of fused-ring (bicyclic) bond motifs is 1. The average molecular weight is 213 g/mol. The fourth-order valence-corrected chi connectivity index (χ4v) is 1.37. The Morgan fingerprint density at radius 1 is 1.69 bits per heavy atom. The van der Waals surface area contributed by atoms with Crippen molar-refractivity contribution in [1.29, 1.82) is 0 Å². The predicted octanol–water partition coefficient (Wildman–Crippen LogP) is 1.00. The number of ether oxygens (including phenoxy) is 1. The van der Waals surface area contributed by atoms with Gasteiger partial charge in [-0.2, -0.15) is 0 Å². The first-order chi connectivity index (χ1) is 7.85. The minimum atomic E-state index is -0.202. The molecule has 2 rings (SSSR count). The van der Waals surface area contributed by atoms with Crippen molar-refractivity contribution in [2.75, 3.05) is 6.61 Å². The smallest absolute Gasteiger partial charge is 0.247 e. The quantitative estimate of drug-likeness (QED) is 0.561. The molecule has 0 spiro atoms. The predicted molar refractivity (Wildman–Crippen MR) is 64.0 cm³/mol. The van der Waals surface area contributed by atoms with Gasteiger partial charge in [-0.05, 0) is 18.1 Å². The summed E-state index contributed by atoms with van der Waals surface area (Å²) in [6.07, 6.45) is 12.2. The van der Waals surface area contributed by atoms with Gasteiger partial charge >= 0.3 is 0 Å². The molecule has 4 heteroatoms. The van der Waals surface area contributed by atoms with Crippen LogP contribution in [0.2, 0.25) is 0 Å². The Bertz CT molecular complexity index is 463. The molecule has 0 aromatic heterocycles. The maximum Gasteiger partial charge on any atom is 0.247 e. The molecule has 0 bridgehead atoms. The van der Waals surface area contributed by atoms with Gasteiger partial charge in [-0.1, -0.05) is 12.7 Å². The fourth-order valence-electron chi connectivity index (χ4n) is 1.37. The second-order valence-electron chi connectivity index (χ2n) is 3.16. The molecule has 1 N–H and O–H groups in total. The minimum Gasteiger partial charge on any atom is -0.471 e. The van der Waals surface area contributed by atoms with E-state index in [1.54, 1.807) is 12.3 Å². The molecular weight excluding hydrogens is 202 g/mol. The first-order valence-electron chi connectivity index (χ1n) is 4.84. The molecule has 0 aliphatic carbocycles. The molecule has 2 aliphatic heterocycles. The van der Waals surface area contributed by atoms with E-state index in [9.17, 15) is 0 Å². The van der Waals surface area contributed by atoms with Crippen LogP contribution in [0.25, 0.3) is 0 Å². The van der Waals surface area contributed by atoms with Crippen LogP contribution in [-0.2, 0) is 4.74 Å². The SMILES string of the molecule is C#CC1=C(OCC=C)N=C2C=CC=NC2N1. The van der Waals surface area contributed by atoms with Gasteiger partial charge in [0.2, 0.25) is 5.88 Å². The van der Waals surface area contributed by atoms with E-state index < -0.39 is 0 Å². The van der Waals surface area contributed by atoms with Crippen LogP contribution >= 0.6 is 0 Å². The minimum absolute atomic E-state index is 0.202. The summed E-state index contributed by atoms with van der Waals surface area (Å²) < 4.78 is 5.37. The van der Waals surface area contributed by atoms with Crippen LogP contribution in [0.4, 0.5) is 0 Å². The van der Waals surface area contributed by atoms with Gasteiger partial charge in [0.15, 0.2) is 11.9 Å². The van der Waals surface area contributed by atoms with Gasteiger partial charge in [0.25, 0.3) is 0 Å². The molecule has 1 atom stereocenters. The van der Waals surface area contributed by atoms with Crippen molar-refractivity contribution in [3.05, 3.63) is 36.4 Å². The van der Waals surface area contributed by atoms with E-state index in [1.165, 1.54) is 0 Å². The molecule has 0 saturated heterocycles. The number of allylic oxidation sites excluding steroid dienone is 2. The number of nitrogens with zero attached hydrogens (tertiary/aromatic N) is 2. The summed E-state index contributed by atoms with van der Waals surface area (Å²) in [6.45, 7) is 3.94. The second-order valence-corrected chi connectivity index (χ2v) is 3.16. The lowest BCUT2D eigenvalue weighted by atomic mass is 10.2. The molecule has 80 valence electrons. The lowest BCUT2D eigenvalue weighted by Gasteiger charge is -2.23. The Morgan fingerprint density at radius 2 is 2.56 bits per heavy atom. The fraction of sp³-hybridized carbons (Fsp3) is 0.167. The lowest BCUT2D eigenvalue weighted by Crippen LogP contribution is -2.38. The highest BCUT2D eigenvalue weighted by molar-refractivity contribution is 6.05. The van der Waals surface area contributed by atoms with Gasteiger partial charge < -0.3 is 10.1 Å². The number of rotatable bonds is 3. The summed E-state index contributed by atoms with van der Waals surface area (Å²) in [7, 11) is 0. The molecule has 0 aromatic carbocycles. The van der Waals surface area contributed by atoms with Crippen molar-refractivity contribution < 1.29 is 4.74 Å². The number of dihydropyridines is 1. The van der Waals surface area contributed by atoms with Crippen LogP contribution in [0.1, 0.15) is 0 Å².